The highest BCUT2D eigenvalue weighted by atomic mass is 19.1. The molecule has 1 aliphatic heterocycles. The summed E-state index contributed by atoms with van der Waals surface area (Å²) in [6.45, 7) is 2.32. The molecule has 39 heavy (non-hydrogen) atoms. The third-order valence-corrected chi connectivity index (χ3v) is 7.14. The van der Waals surface area contributed by atoms with Crippen LogP contribution in [0.5, 0.6) is 17.2 Å². The first-order valence-corrected chi connectivity index (χ1v) is 12.2. The molecule has 10 heteroatoms. The number of imidazole rings is 1. The van der Waals surface area contributed by atoms with Crippen LogP contribution in [-0.4, -0.2) is 32.6 Å². The van der Waals surface area contributed by atoms with E-state index in [0.29, 0.717) is 35.6 Å². The van der Waals surface area contributed by atoms with Gasteiger partial charge in [-0.2, -0.15) is 0 Å². The number of ether oxygens (including phenoxy) is 2. The lowest BCUT2D eigenvalue weighted by Crippen LogP contribution is -2.32. The minimum absolute atomic E-state index is 0.0259. The third kappa shape index (κ3) is 4.18. The number of H-pyrrole nitrogens is 2. The second-order valence-corrected chi connectivity index (χ2v) is 9.61. The van der Waals surface area contributed by atoms with E-state index in [0.717, 1.165) is 17.7 Å². The summed E-state index contributed by atoms with van der Waals surface area (Å²) in [6, 6.07) is 11.7. The first-order chi connectivity index (χ1) is 18.7. The molecule has 3 N–H and O–H groups in total. The molecule has 0 saturated carbocycles. The number of aromatic nitrogens is 3. The summed E-state index contributed by atoms with van der Waals surface area (Å²) < 4.78 is 55.8. The summed E-state index contributed by atoms with van der Waals surface area (Å²) in [5.74, 6) is -3.19. The van der Waals surface area contributed by atoms with Crippen molar-refractivity contribution in [3.8, 4) is 28.6 Å². The summed E-state index contributed by atoms with van der Waals surface area (Å²) in [4.78, 5) is 21.8. The number of fused-ring (bicyclic) bond motifs is 2. The van der Waals surface area contributed by atoms with Crippen LogP contribution in [0, 0.1) is 17.5 Å². The monoisotopic (exact) mass is 533 g/mol. The van der Waals surface area contributed by atoms with Crippen molar-refractivity contribution in [2.75, 3.05) is 6.61 Å². The van der Waals surface area contributed by atoms with Crippen LogP contribution in [0.3, 0.4) is 0 Å². The minimum Gasteiger partial charge on any atom is -0.493 e. The van der Waals surface area contributed by atoms with Gasteiger partial charge < -0.3 is 24.5 Å². The van der Waals surface area contributed by atoms with Crippen molar-refractivity contribution in [2.45, 2.75) is 25.2 Å². The number of para-hydroxylation sites is 1. The molecule has 0 radical (unpaired) electrons. The Morgan fingerprint density at radius 3 is 2.79 bits per heavy atom. The van der Waals surface area contributed by atoms with Gasteiger partial charge in [0.05, 0.1) is 29.8 Å². The minimum atomic E-state index is -0.966. The lowest BCUT2D eigenvalue weighted by atomic mass is 9.74. The SMILES string of the molecule is C[C@@]1(c2c[nH]c(-c3cc(Oc4c(F)cc5[nH]ccc5c4F)ccc3F)n2)CCOc2c(CC(=O)O)cccc21. The maximum Gasteiger partial charge on any atom is 0.307 e. The fraction of sp³-hybridized carbons (Fsp3) is 0.172. The largest absolute Gasteiger partial charge is 0.493 e. The van der Waals surface area contributed by atoms with Crippen molar-refractivity contribution in [3.05, 3.63) is 95.2 Å². The van der Waals surface area contributed by atoms with Crippen LogP contribution in [-0.2, 0) is 16.6 Å². The van der Waals surface area contributed by atoms with Gasteiger partial charge in [0.1, 0.15) is 23.1 Å². The van der Waals surface area contributed by atoms with Gasteiger partial charge in [-0.15, -0.1) is 0 Å². The number of benzene rings is 3. The molecule has 7 nitrogen and oxygen atoms in total. The fourth-order valence-corrected chi connectivity index (χ4v) is 5.07. The molecular formula is C29H22F3N3O4. The zero-order chi connectivity index (χ0) is 27.3. The van der Waals surface area contributed by atoms with Gasteiger partial charge in [-0.1, -0.05) is 18.2 Å². The van der Waals surface area contributed by atoms with E-state index in [1.807, 2.05) is 13.0 Å². The van der Waals surface area contributed by atoms with Crippen LogP contribution in [0.25, 0.3) is 22.3 Å². The molecule has 5 aromatic rings. The van der Waals surface area contributed by atoms with E-state index < -0.39 is 34.6 Å². The average Bonchev–Trinajstić information content (AvgIpc) is 3.58. The van der Waals surface area contributed by atoms with Crippen molar-refractivity contribution in [2.24, 2.45) is 0 Å². The molecule has 0 aliphatic carbocycles. The van der Waals surface area contributed by atoms with E-state index in [1.54, 1.807) is 18.3 Å². The van der Waals surface area contributed by atoms with Crippen molar-refractivity contribution >= 4 is 16.9 Å². The van der Waals surface area contributed by atoms with E-state index in [2.05, 4.69) is 15.0 Å². The normalized spacial score (nSPS) is 16.6. The smallest absolute Gasteiger partial charge is 0.307 e. The molecule has 198 valence electrons. The average molecular weight is 534 g/mol. The van der Waals surface area contributed by atoms with Gasteiger partial charge in [-0.05, 0) is 37.6 Å². The molecule has 0 bridgehead atoms. The van der Waals surface area contributed by atoms with Crippen molar-refractivity contribution in [1.82, 2.24) is 15.0 Å². The maximum absolute atomic E-state index is 14.9. The Bertz CT molecular complexity index is 1750. The van der Waals surface area contributed by atoms with Crippen molar-refractivity contribution in [3.63, 3.8) is 0 Å². The summed E-state index contributed by atoms with van der Waals surface area (Å²) in [5, 5.41) is 9.46. The fourth-order valence-electron chi connectivity index (χ4n) is 5.07. The van der Waals surface area contributed by atoms with Crippen LogP contribution < -0.4 is 9.47 Å². The van der Waals surface area contributed by atoms with E-state index in [4.69, 9.17) is 9.47 Å². The summed E-state index contributed by atoms with van der Waals surface area (Å²) in [6.07, 6.45) is 3.54. The Labute approximate surface area is 220 Å². The Morgan fingerprint density at radius 1 is 1.13 bits per heavy atom. The Hall–Kier alpha value is -4.73. The van der Waals surface area contributed by atoms with Gasteiger partial charge in [-0.3, -0.25) is 4.79 Å². The predicted octanol–water partition coefficient (Wildman–Crippen LogP) is 6.48. The highest BCUT2D eigenvalue weighted by Crippen LogP contribution is 2.45. The number of rotatable bonds is 6. The molecule has 3 aromatic carbocycles. The molecule has 0 fully saturated rings. The van der Waals surface area contributed by atoms with Gasteiger partial charge in [0.15, 0.2) is 17.4 Å². The number of carbonyl (C=O) groups is 1. The highest BCUT2D eigenvalue weighted by molar-refractivity contribution is 5.82. The van der Waals surface area contributed by atoms with Crippen LogP contribution >= 0.6 is 0 Å². The van der Waals surface area contributed by atoms with Gasteiger partial charge in [0.25, 0.3) is 0 Å². The second-order valence-electron chi connectivity index (χ2n) is 9.61. The molecule has 3 heterocycles. The molecule has 2 aromatic heterocycles. The van der Waals surface area contributed by atoms with Crippen LogP contribution in [0.1, 0.15) is 30.2 Å². The van der Waals surface area contributed by atoms with Crippen LogP contribution in [0.2, 0.25) is 0 Å². The van der Waals surface area contributed by atoms with Crippen LogP contribution in [0.15, 0.2) is 60.9 Å². The lowest BCUT2D eigenvalue weighted by Gasteiger charge is -2.35. The predicted molar refractivity (Wildman–Crippen MR) is 137 cm³/mol. The molecular weight excluding hydrogens is 511 g/mol. The number of hydrogen-bond donors (Lipinski definition) is 3. The number of hydrogen-bond acceptors (Lipinski definition) is 4. The van der Waals surface area contributed by atoms with E-state index in [9.17, 15) is 23.1 Å². The Kier molecular flexibility index (Phi) is 5.82. The number of carboxylic acids is 1. The number of halogens is 3. The van der Waals surface area contributed by atoms with Crippen molar-refractivity contribution in [1.29, 1.82) is 0 Å². The third-order valence-electron chi connectivity index (χ3n) is 7.14. The highest BCUT2D eigenvalue weighted by Gasteiger charge is 2.38. The molecule has 0 unspecified atom stereocenters. The number of aromatic amines is 2. The second kappa shape index (κ2) is 9.23. The first kappa shape index (κ1) is 24.6. The lowest BCUT2D eigenvalue weighted by molar-refractivity contribution is -0.136. The van der Waals surface area contributed by atoms with Gasteiger partial charge >= 0.3 is 5.97 Å². The van der Waals surface area contributed by atoms with E-state index in [-0.39, 0.29) is 28.9 Å². The zero-order valence-electron chi connectivity index (χ0n) is 20.6. The van der Waals surface area contributed by atoms with Crippen molar-refractivity contribution < 1.29 is 32.5 Å². The first-order valence-electron chi connectivity index (χ1n) is 12.2. The summed E-state index contributed by atoms with van der Waals surface area (Å²) in [5.41, 5.74) is 1.66. The molecule has 0 spiro atoms. The number of carboxylic acid groups (broad SMARTS) is 1. The molecule has 6 rings (SSSR count). The molecule has 1 aliphatic rings. The molecule has 1 atom stereocenters. The van der Waals surface area contributed by atoms with E-state index in [1.165, 1.54) is 24.4 Å². The molecule has 0 saturated heterocycles. The van der Waals surface area contributed by atoms with Gasteiger partial charge in [-0.25, -0.2) is 18.2 Å². The Balaban J connectivity index is 1.35. The topological polar surface area (TPSA) is 100 Å². The van der Waals surface area contributed by atoms with E-state index >= 15 is 0 Å². The molecule has 0 amide bonds. The zero-order valence-corrected chi connectivity index (χ0v) is 20.6. The van der Waals surface area contributed by atoms with Gasteiger partial charge in [0.2, 0.25) is 0 Å². The maximum atomic E-state index is 14.9. The quantitative estimate of drug-likeness (QED) is 0.232. The van der Waals surface area contributed by atoms with Crippen LogP contribution in [0.4, 0.5) is 13.2 Å². The number of nitrogens with zero attached hydrogens (tertiary/aromatic N) is 1. The van der Waals surface area contributed by atoms with Gasteiger partial charge in [0, 0.05) is 40.4 Å². The Morgan fingerprint density at radius 2 is 1.97 bits per heavy atom. The number of nitrogens with one attached hydrogen (secondary N) is 2. The number of aliphatic carboxylic acids is 1. The summed E-state index contributed by atoms with van der Waals surface area (Å²) in [7, 11) is 0. The standard InChI is InChI=1S/C29H22F3N3O4/c1-29(8-10-38-26-15(11-24(36)37)3-2-4-19(26)29)23-14-34-28(35-23)18-12-16(5-6-20(18)30)39-27-21(31)13-22-17(25(27)32)7-9-33-22/h2-7,9,12-14,33H,8,10-11H2,1H3,(H,34,35)(H,36,37)/t29-/m1/s1. The summed E-state index contributed by atoms with van der Waals surface area (Å²) >= 11 is 0.